The molecular weight excluding hydrogens is 597 g/mol. The lowest BCUT2D eigenvalue weighted by Crippen LogP contribution is -3.09. The Morgan fingerprint density at radius 2 is 1.13 bits per heavy atom. The number of nitrogens with zero attached hydrogens (tertiary/aromatic N) is 3. The number of rotatable bonds is 19. The summed E-state index contributed by atoms with van der Waals surface area (Å²) in [6.07, 6.45) is 4.15. The molecule has 0 bridgehead atoms. The van der Waals surface area contributed by atoms with Crippen LogP contribution in [-0.4, -0.2) is 103 Å². The lowest BCUT2D eigenvalue weighted by atomic mass is 10.0. The van der Waals surface area contributed by atoms with Crippen LogP contribution < -0.4 is 14.7 Å². The van der Waals surface area contributed by atoms with Gasteiger partial charge in [0, 0.05) is 73.3 Å². The molecule has 0 spiro atoms. The van der Waals surface area contributed by atoms with Crippen molar-refractivity contribution in [3.63, 3.8) is 0 Å². The van der Waals surface area contributed by atoms with Crippen LogP contribution >= 0.6 is 21.6 Å². The molecule has 240 valence electrons. The molecule has 0 amide bonds. The average molecular weight is 647 g/mol. The highest BCUT2D eigenvalue weighted by molar-refractivity contribution is 8.76. The molecule has 0 aliphatic rings. The maximum atomic E-state index is 11.5. The molecule has 4 aromatic carbocycles. The van der Waals surface area contributed by atoms with Crippen molar-refractivity contribution in [2.75, 3.05) is 95.8 Å². The van der Waals surface area contributed by atoms with Gasteiger partial charge in [-0.05, 0) is 35.0 Å². The Labute approximate surface area is 277 Å². The van der Waals surface area contributed by atoms with E-state index in [0.717, 1.165) is 101 Å². The summed E-state index contributed by atoms with van der Waals surface area (Å²) in [7, 11) is 15.3. The van der Waals surface area contributed by atoms with Crippen LogP contribution in [0.15, 0.2) is 72.8 Å². The van der Waals surface area contributed by atoms with Gasteiger partial charge in [-0.25, -0.2) is 0 Å². The van der Waals surface area contributed by atoms with Crippen molar-refractivity contribution in [2.45, 2.75) is 12.8 Å². The summed E-state index contributed by atoms with van der Waals surface area (Å²) in [6, 6.07) is 24.4. The molecule has 0 fully saturated rings. The van der Waals surface area contributed by atoms with Gasteiger partial charge < -0.3 is 19.2 Å². The summed E-state index contributed by atoms with van der Waals surface area (Å²) in [5.74, 6) is 2.32. The van der Waals surface area contributed by atoms with Crippen LogP contribution in [0.25, 0.3) is 21.5 Å². The Kier molecular flexibility index (Phi) is 13.2. The van der Waals surface area contributed by atoms with Gasteiger partial charge in [0.25, 0.3) is 0 Å². The van der Waals surface area contributed by atoms with Crippen LogP contribution in [0.4, 0.5) is 11.4 Å². The summed E-state index contributed by atoms with van der Waals surface area (Å²) >= 11 is 0. The summed E-state index contributed by atoms with van der Waals surface area (Å²) < 4.78 is 1.03. The number of quaternary nitrogens is 2. The lowest BCUT2D eigenvalue weighted by molar-refractivity contribution is -0.887. The van der Waals surface area contributed by atoms with E-state index in [2.05, 4.69) is 69.3 Å². The van der Waals surface area contributed by atoms with E-state index >= 15 is 0 Å². The monoisotopic (exact) mass is 646 g/mol. The minimum absolute atomic E-state index is 0.751. The van der Waals surface area contributed by atoms with Gasteiger partial charge in [-0.15, -0.1) is 0 Å². The van der Waals surface area contributed by atoms with Crippen molar-refractivity contribution in [1.29, 1.82) is 0 Å². The van der Waals surface area contributed by atoms with Gasteiger partial charge in [-0.3, -0.25) is 9.59 Å². The number of anilines is 2. The zero-order chi connectivity index (χ0) is 32.2. The van der Waals surface area contributed by atoms with Crippen molar-refractivity contribution < 1.29 is 19.0 Å². The second-order valence-corrected chi connectivity index (χ2v) is 15.4. The number of hydrogen-bond donors (Lipinski definition) is 1. The van der Waals surface area contributed by atoms with E-state index in [1.165, 1.54) is 23.7 Å². The van der Waals surface area contributed by atoms with Crippen molar-refractivity contribution in [2.24, 2.45) is 0 Å². The molecule has 0 heterocycles. The third-order valence-electron chi connectivity index (χ3n) is 8.78. The molecule has 1 N–H and O–H groups in total. The quantitative estimate of drug-likeness (QED) is 0.0589. The predicted molar refractivity (Wildman–Crippen MR) is 198 cm³/mol. The molecule has 1 unspecified atom stereocenters. The van der Waals surface area contributed by atoms with Crippen LogP contribution in [0.5, 0.6) is 0 Å². The minimum atomic E-state index is 0.751. The van der Waals surface area contributed by atoms with Crippen LogP contribution in [0.2, 0.25) is 0 Å². The van der Waals surface area contributed by atoms with Crippen LogP contribution in [0, 0.1) is 0 Å². The maximum Gasteiger partial charge on any atom is 0.150 e. The van der Waals surface area contributed by atoms with Crippen molar-refractivity contribution in [1.82, 2.24) is 0 Å². The lowest BCUT2D eigenvalue weighted by Gasteiger charge is -2.31. The smallest absolute Gasteiger partial charge is 0.150 e. The maximum absolute atomic E-state index is 11.5. The number of carbonyl (C=O) groups is 2. The van der Waals surface area contributed by atoms with E-state index in [1.54, 1.807) is 4.90 Å². The Morgan fingerprint density at radius 3 is 1.67 bits per heavy atom. The summed E-state index contributed by atoms with van der Waals surface area (Å²) in [5, 5.41) is 4.33. The fourth-order valence-electron chi connectivity index (χ4n) is 5.93. The molecule has 4 aromatic rings. The summed E-state index contributed by atoms with van der Waals surface area (Å²) in [5.41, 5.74) is 3.88. The first-order chi connectivity index (χ1) is 21.7. The highest BCUT2D eigenvalue weighted by Gasteiger charge is 2.16. The third-order valence-corrected chi connectivity index (χ3v) is 11.2. The fraction of sp³-hybridized carbons (Fsp3) is 0.405. The Hall–Kier alpha value is -3.04. The molecule has 6 nitrogen and oxygen atoms in total. The average Bonchev–Trinajstić information content (AvgIpc) is 3.05. The number of fused-ring (bicyclic) bond motifs is 2. The Morgan fingerprint density at radius 1 is 0.644 bits per heavy atom. The molecule has 0 aliphatic carbocycles. The molecule has 4 rings (SSSR count). The summed E-state index contributed by atoms with van der Waals surface area (Å²) in [4.78, 5) is 29.1. The zero-order valence-corrected chi connectivity index (χ0v) is 29.3. The minimum Gasteiger partial charge on any atom is -0.374 e. The van der Waals surface area contributed by atoms with Gasteiger partial charge in [-0.1, -0.05) is 70.1 Å². The second kappa shape index (κ2) is 17.0. The van der Waals surface area contributed by atoms with E-state index in [4.69, 9.17) is 0 Å². The standard InChI is InChI=1S/C37H49N4O2S2/c1-38(20-10-21-39(2)36-18-16-30(28-42)32-12-6-8-14-34(32)36)23-26-44-45-27-25-41(4,5)24-11-22-40(3)37-19-17-31(29-43)33-13-7-9-15-35(33)37/h6-9,12-19,28-29H,10-11,20-27H2,1-5H3/q+1/p+1. The van der Waals surface area contributed by atoms with Crippen molar-refractivity contribution >= 4 is 67.1 Å². The van der Waals surface area contributed by atoms with E-state index in [9.17, 15) is 9.59 Å². The Bertz CT molecular complexity index is 1560. The molecule has 0 aromatic heterocycles. The second-order valence-electron chi connectivity index (χ2n) is 12.7. The molecule has 0 radical (unpaired) electrons. The first-order valence-electron chi connectivity index (χ1n) is 16.0. The molecule has 1 atom stereocenters. The normalized spacial score (nSPS) is 12.4. The number of hydrogen-bond acceptors (Lipinski definition) is 6. The van der Waals surface area contributed by atoms with Gasteiger partial charge in [-0.2, -0.15) is 0 Å². The first-order valence-corrected chi connectivity index (χ1v) is 18.5. The van der Waals surface area contributed by atoms with Gasteiger partial charge in [0.15, 0.2) is 12.6 Å². The highest BCUT2D eigenvalue weighted by Crippen LogP contribution is 2.30. The van der Waals surface area contributed by atoms with Crippen molar-refractivity contribution in [3.8, 4) is 0 Å². The molecule has 45 heavy (non-hydrogen) atoms. The van der Waals surface area contributed by atoms with Gasteiger partial charge in [0.2, 0.25) is 0 Å². The fourth-order valence-corrected chi connectivity index (χ4v) is 8.35. The molecule has 8 heteroatoms. The Balaban J connectivity index is 1.09. The zero-order valence-electron chi connectivity index (χ0n) is 27.6. The van der Waals surface area contributed by atoms with E-state index in [1.807, 2.05) is 70.1 Å². The number of nitrogens with one attached hydrogen (secondary N) is 1. The SMILES string of the molecule is CN(CCC[NH+](C)CCSSCC[N+](C)(C)CCCN(C)c1ccc(C=O)c2ccccc12)c1ccc(C=O)c2ccccc12. The van der Waals surface area contributed by atoms with Crippen molar-refractivity contribution in [3.05, 3.63) is 83.9 Å². The van der Waals surface area contributed by atoms with Crippen LogP contribution in [0.1, 0.15) is 33.6 Å². The van der Waals surface area contributed by atoms with E-state index in [0.29, 0.717) is 0 Å². The van der Waals surface area contributed by atoms with Gasteiger partial charge >= 0.3 is 0 Å². The van der Waals surface area contributed by atoms with E-state index in [-0.39, 0.29) is 0 Å². The molecular formula is C37H50N4O2S2+2. The highest BCUT2D eigenvalue weighted by atomic mass is 33.1. The van der Waals surface area contributed by atoms with Gasteiger partial charge in [0.05, 0.1) is 58.8 Å². The topological polar surface area (TPSA) is 45.1 Å². The molecule has 0 saturated carbocycles. The van der Waals surface area contributed by atoms with Crippen LogP contribution in [-0.2, 0) is 0 Å². The third kappa shape index (κ3) is 9.72. The molecule has 0 saturated heterocycles. The summed E-state index contributed by atoms with van der Waals surface area (Å²) in [6.45, 7) is 6.60. The predicted octanol–water partition coefficient (Wildman–Crippen LogP) is 5.94. The first kappa shape index (κ1) is 34.8. The number of carbonyl (C=O) groups excluding carboxylic acids is 2. The van der Waals surface area contributed by atoms with Crippen LogP contribution in [0.3, 0.4) is 0 Å². The van der Waals surface area contributed by atoms with Gasteiger partial charge in [0.1, 0.15) is 0 Å². The number of benzene rings is 4. The van der Waals surface area contributed by atoms with E-state index < -0.39 is 0 Å². The largest absolute Gasteiger partial charge is 0.374 e. The molecule has 0 aliphatic heterocycles. The number of aldehydes is 2.